The first-order valence-corrected chi connectivity index (χ1v) is 13.1. The SMILES string of the molecule is CCc1ccc([C@@H](C(=O)NC(C)(C)C)N(C(=O)Cn2nnc3ccccc32)c2ccc3c(c2)OCCO3)cc1. The van der Waals surface area contributed by atoms with Gasteiger partial charge in [0.15, 0.2) is 11.5 Å². The molecule has 5 rings (SSSR count). The third-order valence-corrected chi connectivity index (χ3v) is 6.49. The van der Waals surface area contributed by atoms with Crippen LogP contribution in [0.5, 0.6) is 11.5 Å². The molecule has 0 bridgehead atoms. The maximum atomic E-state index is 14.2. The van der Waals surface area contributed by atoms with Gasteiger partial charge < -0.3 is 14.8 Å². The van der Waals surface area contributed by atoms with Crippen molar-refractivity contribution in [3.8, 4) is 11.5 Å². The molecule has 0 saturated heterocycles. The van der Waals surface area contributed by atoms with E-state index < -0.39 is 11.6 Å². The Morgan fingerprint density at radius 1 is 1.00 bits per heavy atom. The molecular weight excluding hydrogens is 494 g/mol. The van der Waals surface area contributed by atoms with Gasteiger partial charge in [0.1, 0.15) is 31.3 Å². The van der Waals surface area contributed by atoms with Gasteiger partial charge in [0.2, 0.25) is 11.8 Å². The summed E-state index contributed by atoms with van der Waals surface area (Å²) in [5.41, 5.74) is 3.26. The summed E-state index contributed by atoms with van der Waals surface area (Å²) < 4.78 is 13.1. The molecule has 0 aliphatic carbocycles. The average Bonchev–Trinajstić information content (AvgIpc) is 3.33. The van der Waals surface area contributed by atoms with Gasteiger partial charge in [-0.15, -0.1) is 5.10 Å². The van der Waals surface area contributed by atoms with Gasteiger partial charge in [0.25, 0.3) is 0 Å². The molecule has 39 heavy (non-hydrogen) atoms. The Labute approximate surface area is 227 Å². The zero-order chi connectivity index (χ0) is 27.6. The van der Waals surface area contributed by atoms with Crippen LogP contribution >= 0.6 is 0 Å². The second-order valence-electron chi connectivity index (χ2n) is 10.6. The smallest absolute Gasteiger partial charge is 0.249 e. The number of hydrogen-bond donors (Lipinski definition) is 1. The molecule has 9 nitrogen and oxygen atoms in total. The lowest BCUT2D eigenvalue weighted by molar-refractivity contribution is -0.128. The lowest BCUT2D eigenvalue weighted by atomic mass is 9.99. The fourth-order valence-electron chi connectivity index (χ4n) is 4.65. The molecule has 1 N–H and O–H groups in total. The molecule has 0 unspecified atom stereocenters. The second-order valence-corrected chi connectivity index (χ2v) is 10.6. The third-order valence-electron chi connectivity index (χ3n) is 6.49. The summed E-state index contributed by atoms with van der Waals surface area (Å²) in [6.45, 7) is 8.57. The van der Waals surface area contributed by atoms with E-state index in [-0.39, 0.29) is 18.4 Å². The fraction of sp³-hybridized carbons (Fsp3) is 0.333. The number of aryl methyl sites for hydroxylation is 1. The first kappa shape index (κ1) is 26.2. The molecule has 4 aromatic rings. The second kappa shape index (κ2) is 10.8. The molecule has 1 atom stereocenters. The number of aromatic nitrogens is 3. The number of para-hydroxylation sites is 1. The lowest BCUT2D eigenvalue weighted by Gasteiger charge is -2.34. The van der Waals surface area contributed by atoms with E-state index in [9.17, 15) is 9.59 Å². The molecule has 9 heteroatoms. The van der Waals surface area contributed by atoms with Crippen LogP contribution < -0.4 is 19.7 Å². The molecule has 202 valence electrons. The number of amides is 2. The Bertz CT molecular complexity index is 1490. The highest BCUT2D eigenvalue weighted by Crippen LogP contribution is 2.37. The largest absolute Gasteiger partial charge is 0.486 e. The molecule has 0 saturated carbocycles. The standard InChI is InChI=1S/C30H33N5O4/c1-5-20-10-12-21(13-11-20)28(29(37)31-30(2,3)4)35(22-14-15-25-26(18-22)39-17-16-38-25)27(36)19-34-24-9-7-6-8-23(24)32-33-34/h6-15,18,28H,5,16-17,19H2,1-4H3,(H,31,37)/t28-/m0/s1. The van der Waals surface area contributed by atoms with Crippen molar-refractivity contribution in [2.45, 2.75) is 52.2 Å². The normalized spacial score (nSPS) is 13.6. The first-order valence-electron chi connectivity index (χ1n) is 13.1. The van der Waals surface area contributed by atoms with Gasteiger partial charge >= 0.3 is 0 Å². The van der Waals surface area contributed by atoms with Crippen molar-refractivity contribution in [3.05, 3.63) is 77.9 Å². The van der Waals surface area contributed by atoms with Gasteiger partial charge in [-0.3, -0.25) is 14.5 Å². The van der Waals surface area contributed by atoms with Crippen molar-refractivity contribution >= 4 is 28.5 Å². The van der Waals surface area contributed by atoms with Crippen molar-refractivity contribution in [2.24, 2.45) is 0 Å². The van der Waals surface area contributed by atoms with Crippen molar-refractivity contribution < 1.29 is 19.1 Å². The lowest BCUT2D eigenvalue weighted by Crippen LogP contribution is -2.50. The minimum Gasteiger partial charge on any atom is -0.486 e. The van der Waals surface area contributed by atoms with Crippen molar-refractivity contribution in [1.82, 2.24) is 20.3 Å². The first-order chi connectivity index (χ1) is 18.7. The maximum absolute atomic E-state index is 14.2. The van der Waals surface area contributed by atoms with E-state index in [4.69, 9.17) is 9.47 Å². The molecule has 1 aliphatic heterocycles. The minimum atomic E-state index is -0.944. The van der Waals surface area contributed by atoms with Crippen LogP contribution in [-0.2, 0) is 22.6 Å². The van der Waals surface area contributed by atoms with Crippen LogP contribution in [-0.4, -0.2) is 45.6 Å². The highest BCUT2D eigenvalue weighted by atomic mass is 16.6. The van der Waals surface area contributed by atoms with Gasteiger partial charge in [0.05, 0.1) is 5.52 Å². The number of ether oxygens (including phenoxy) is 2. The van der Waals surface area contributed by atoms with Gasteiger partial charge in [-0.25, -0.2) is 4.68 Å². The summed E-state index contributed by atoms with van der Waals surface area (Å²) in [4.78, 5) is 29.7. The highest BCUT2D eigenvalue weighted by molar-refractivity contribution is 6.02. The number of rotatable bonds is 7. The van der Waals surface area contributed by atoms with Crippen LogP contribution in [0.25, 0.3) is 11.0 Å². The predicted molar refractivity (Wildman–Crippen MR) is 149 cm³/mol. The summed E-state index contributed by atoms with van der Waals surface area (Å²) >= 11 is 0. The minimum absolute atomic E-state index is 0.110. The number of carbonyl (C=O) groups excluding carboxylic acids is 2. The van der Waals surface area contributed by atoms with E-state index in [1.165, 1.54) is 4.90 Å². The van der Waals surface area contributed by atoms with Crippen molar-refractivity contribution in [2.75, 3.05) is 18.1 Å². The summed E-state index contributed by atoms with van der Waals surface area (Å²) in [5.74, 6) is 0.510. The number of nitrogens with one attached hydrogen (secondary N) is 1. The molecule has 1 aliphatic rings. The van der Waals surface area contributed by atoms with E-state index in [1.54, 1.807) is 22.9 Å². The molecule has 0 spiro atoms. The van der Waals surface area contributed by atoms with Crippen LogP contribution in [0.2, 0.25) is 0 Å². The predicted octanol–water partition coefficient (Wildman–Crippen LogP) is 4.45. The van der Waals surface area contributed by atoms with Gasteiger partial charge in [-0.2, -0.15) is 0 Å². The number of hydrogen-bond acceptors (Lipinski definition) is 6. The molecule has 3 aromatic carbocycles. The van der Waals surface area contributed by atoms with E-state index in [0.717, 1.165) is 17.5 Å². The number of nitrogens with zero attached hydrogens (tertiary/aromatic N) is 4. The van der Waals surface area contributed by atoms with E-state index in [2.05, 4.69) is 22.6 Å². The van der Waals surface area contributed by atoms with Crippen LogP contribution in [0.3, 0.4) is 0 Å². The Balaban J connectivity index is 1.62. The summed E-state index contributed by atoms with van der Waals surface area (Å²) in [6.07, 6.45) is 0.864. The van der Waals surface area contributed by atoms with Crippen LogP contribution in [0, 0.1) is 0 Å². The van der Waals surface area contributed by atoms with Crippen LogP contribution in [0.1, 0.15) is 44.9 Å². The number of carbonyl (C=O) groups is 2. The molecule has 2 heterocycles. The van der Waals surface area contributed by atoms with Crippen LogP contribution in [0.15, 0.2) is 66.7 Å². The zero-order valence-electron chi connectivity index (χ0n) is 22.7. The number of fused-ring (bicyclic) bond motifs is 2. The third kappa shape index (κ3) is 5.72. The monoisotopic (exact) mass is 527 g/mol. The Hall–Kier alpha value is -4.40. The molecule has 2 amide bonds. The van der Waals surface area contributed by atoms with Crippen molar-refractivity contribution in [1.29, 1.82) is 0 Å². The Morgan fingerprint density at radius 2 is 1.72 bits per heavy atom. The maximum Gasteiger partial charge on any atom is 0.249 e. The average molecular weight is 528 g/mol. The Kier molecular flexibility index (Phi) is 7.24. The highest BCUT2D eigenvalue weighted by Gasteiger charge is 2.35. The van der Waals surface area contributed by atoms with E-state index in [1.807, 2.05) is 69.3 Å². The number of anilines is 1. The fourth-order valence-corrected chi connectivity index (χ4v) is 4.65. The van der Waals surface area contributed by atoms with Gasteiger partial charge in [0, 0.05) is 17.3 Å². The van der Waals surface area contributed by atoms with Gasteiger partial charge in [-0.05, 0) is 62.6 Å². The zero-order valence-corrected chi connectivity index (χ0v) is 22.7. The van der Waals surface area contributed by atoms with E-state index >= 15 is 0 Å². The summed E-state index contributed by atoms with van der Waals surface area (Å²) in [6, 6.07) is 19.6. The molecule has 0 fully saturated rings. The topological polar surface area (TPSA) is 98.6 Å². The van der Waals surface area contributed by atoms with Gasteiger partial charge in [-0.1, -0.05) is 48.5 Å². The summed E-state index contributed by atoms with van der Waals surface area (Å²) in [5, 5.41) is 11.5. The molecular formula is C30H33N5O4. The quantitative estimate of drug-likeness (QED) is 0.381. The van der Waals surface area contributed by atoms with E-state index in [0.29, 0.717) is 41.5 Å². The van der Waals surface area contributed by atoms with Crippen LogP contribution in [0.4, 0.5) is 5.69 Å². The molecule has 1 aromatic heterocycles. The number of benzene rings is 3. The summed E-state index contributed by atoms with van der Waals surface area (Å²) in [7, 11) is 0. The van der Waals surface area contributed by atoms with Crippen molar-refractivity contribution in [3.63, 3.8) is 0 Å². The molecule has 0 radical (unpaired) electrons. The Morgan fingerprint density at radius 3 is 2.44 bits per heavy atom.